The van der Waals surface area contributed by atoms with Crippen molar-refractivity contribution in [3.8, 4) is 0 Å². The second-order valence-electron chi connectivity index (χ2n) is 5.10. The molecule has 0 saturated carbocycles. The summed E-state index contributed by atoms with van der Waals surface area (Å²) in [5, 5.41) is 10.3. The number of hydrogen-bond acceptors (Lipinski definition) is 4. The van der Waals surface area contributed by atoms with Gasteiger partial charge in [-0.3, -0.25) is 0 Å². The molecule has 19 heavy (non-hydrogen) atoms. The molecule has 0 aliphatic carbocycles. The molecule has 0 bridgehead atoms. The number of hydrogen-bond donors (Lipinski definition) is 1. The van der Waals surface area contributed by atoms with Crippen LogP contribution in [0.5, 0.6) is 0 Å². The minimum atomic E-state index is -0.545. The zero-order chi connectivity index (χ0) is 13.1. The topological polar surface area (TPSA) is 47.9 Å². The zero-order valence-corrected chi connectivity index (χ0v) is 11.0. The van der Waals surface area contributed by atoms with Gasteiger partial charge in [0.25, 0.3) is 0 Å². The van der Waals surface area contributed by atoms with Gasteiger partial charge in [0, 0.05) is 6.42 Å². The highest BCUT2D eigenvalue weighted by atomic mass is 16.6. The molecule has 3 atom stereocenters. The third kappa shape index (κ3) is 2.98. The van der Waals surface area contributed by atoms with Gasteiger partial charge in [0.05, 0.1) is 38.6 Å². The first kappa shape index (κ1) is 13.1. The molecule has 3 unspecified atom stereocenters. The summed E-state index contributed by atoms with van der Waals surface area (Å²) in [5.41, 5.74) is 2.52. The predicted molar refractivity (Wildman–Crippen MR) is 70.0 cm³/mol. The van der Waals surface area contributed by atoms with E-state index in [0.717, 1.165) is 13.0 Å². The van der Waals surface area contributed by atoms with Crippen LogP contribution in [0.3, 0.4) is 0 Å². The van der Waals surface area contributed by atoms with Gasteiger partial charge in [0.1, 0.15) is 6.10 Å². The highest BCUT2D eigenvalue weighted by Crippen LogP contribution is 2.31. The molecule has 4 heteroatoms. The van der Waals surface area contributed by atoms with Crippen LogP contribution in [0.4, 0.5) is 0 Å². The molecule has 1 saturated heterocycles. The molecule has 104 valence electrons. The maximum Gasteiger partial charge on any atom is 0.107 e. The summed E-state index contributed by atoms with van der Waals surface area (Å²) >= 11 is 0. The summed E-state index contributed by atoms with van der Waals surface area (Å²) in [4.78, 5) is 0. The van der Waals surface area contributed by atoms with Gasteiger partial charge in [-0.15, -0.1) is 0 Å². The fourth-order valence-corrected chi connectivity index (χ4v) is 2.77. The highest BCUT2D eigenvalue weighted by molar-refractivity contribution is 5.30. The average molecular weight is 264 g/mol. The third-order valence-electron chi connectivity index (χ3n) is 3.82. The summed E-state index contributed by atoms with van der Waals surface area (Å²) in [7, 11) is 0. The summed E-state index contributed by atoms with van der Waals surface area (Å²) in [6.07, 6.45) is 0.699. The summed E-state index contributed by atoms with van der Waals surface area (Å²) in [6.45, 7) is 2.36. The van der Waals surface area contributed by atoms with Crippen molar-refractivity contribution >= 4 is 0 Å². The first-order chi connectivity index (χ1) is 9.34. The number of aliphatic hydroxyl groups excluding tert-OH is 1. The summed E-state index contributed by atoms with van der Waals surface area (Å²) in [6, 6.07) is 8.30. The Morgan fingerprint density at radius 1 is 1.16 bits per heavy atom. The Balaban J connectivity index is 1.66. The van der Waals surface area contributed by atoms with Gasteiger partial charge in [0.15, 0.2) is 0 Å². The molecule has 4 nitrogen and oxygen atoms in total. The molecule has 3 rings (SSSR count). The Morgan fingerprint density at radius 3 is 2.89 bits per heavy atom. The van der Waals surface area contributed by atoms with E-state index in [0.29, 0.717) is 26.2 Å². The van der Waals surface area contributed by atoms with Gasteiger partial charge >= 0.3 is 0 Å². The van der Waals surface area contributed by atoms with Gasteiger partial charge in [-0.2, -0.15) is 0 Å². The van der Waals surface area contributed by atoms with Gasteiger partial charge in [-0.1, -0.05) is 24.3 Å². The summed E-state index contributed by atoms with van der Waals surface area (Å²) in [5.74, 6) is 0. The maximum atomic E-state index is 10.3. The van der Waals surface area contributed by atoms with Crippen LogP contribution in [-0.4, -0.2) is 43.7 Å². The molecular formula is C15H20O4. The van der Waals surface area contributed by atoms with Crippen LogP contribution >= 0.6 is 0 Å². The fraction of sp³-hybridized carbons (Fsp3) is 0.600. The van der Waals surface area contributed by atoms with Crippen LogP contribution in [0.1, 0.15) is 23.7 Å². The van der Waals surface area contributed by atoms with Crippen LogP contribution < -0.4 is 0 Å². The van der Waals surface area contributed by atoms with E-state index in [9.17, 15) is 5.11 Å². The molecule has 2 aliphatic heterocycles. The Hall–Kier alpha value is -0.940. The van der Waals surface area contributed by atoms with Crippen LogP contribution in [-0.2, 0) is 20.6 Å². The first-order valence-corrected chi connectivity index (χ1v) is 6.91. The molecule has 0 spiro atoms. The lowest BCUT2D eigenvalue weighted by Gasteiger charge is -2.32. The molecule has 2 aliphatic rings. The smallest absolute Gasteiger partial charge is 0.107 e. The van der Waals surface area contributed by atoms with Crippen LogP contribution in [0.2, 0.25) is 0 Å². The third-order valence-corrected chi connectivity index (χ3v) is 3.82. The normalized spacial score (nSPS) is 28.7. The molecule has 1 fully saturated rings. The number of benzene rings is 1. The first-order valence-electron chi connectivity index (χ1n) is 6.91. The fourth-order valence-electron chi connectivity index (χ4n) is 2.77. The lowest BCUT2D eigenvalue weighted by Crippen LogP contribution is -2.39. The van der Waals surface area contributed by atoms with E-state index in [-0.39, 0.29) is 12.2 Å². The van der Waals surface area contributed by atoms with Crippen molar-refractivity contribution in [2.45, 2.75) is 31.2 Å². The van der Waals surface area contributed by atoms with E-state index >= 15 is 0 Å². The Bertz CT molecular complexity index is 414. The molecule has 0 amide bonds. The van der Waals surface area contributed by atoms with Gasteiger partial charge in [-0.05, 0) is 17.5 Å². The van der Waals surface area contributed by atoms with E-state index in [1.165, 1.54) is 11.1 Å². The standard InChI is InChI=1S/C15H20O4/c16-13(15-10-17-7-8-19-15)9-14-12-4-2-1-3-11(12)5-6-18-14/h1-4,13-16H,5-10H2. The molecule has 1 aromatic rings. The van der Waals surface area contributed by atoms with Gasteiger partial charge in [0.2, 0.25) is 0 Å². The molecule has 1 aromatic carbocycles. The van der Waals surface area contributed by atoms with Crippen LogP contribution in [0.25, 0.3) is 0 Å². The van der Waals surface area contributed by atoms with Crippen molar-refractivity contribution in [1.82, 2.24) is 0 Å². The minimum absolute atomic E-state index is 0.0366. The monoisotopic (exact) mass is 264 g/mol. The zero-order valence-electron chi connectivity index (χ0n) is 11.0. The molecule has 0 radical (unpaired) electrons. The van der Waals surface area contributed by atoms with Crippen molar-refractivity contribution in [3.05, 3.63) is 35.4 Å². The molecule has 0 aromatic heterocycles. The molecule has 1 N–H and O–H groups in total. The largest absolute Gasteiger partial charge is 0.390 e. The SMILES string of the molecule is OC(CC1OCCc2ccccc21)C1COCCO1. The quantitative estimate of drug-likeness (QED) is 0.898. The second kappa shape index (κ2) is 6.01. The van der Waals surface area contributed by atoms with Crippen molar-refractivity contribution < 1.29 is 19.3 Å². The average Bonchev–Trinajstić information content (AvgIpc) is 2.48. The molecule has 2 heterocycles. The minimum Gasteiger partial charge on any atom is -0.390 e. The van der Waals surface area contributed by atoms with Crippen molar-refractivity contribution in [1.29, 1.82) is 0 Å². The van der Waals surface area contributed by atoms with Crippen molar-refractivity contribution in [3.63, 3.8) is 0 Å². The molecular weight excluding hydrogens is 244 g/mol. The van der Waals surface area contributed by atoms with Gasteiger partial charge in [-0.25, -0.2) is 0 Å². The number of aliphatic hydroxyl groups is 1. The van der Waals surface area contributed by atoms with Gasteiger partial charge < -0.3 is 19.3 Å². The lowest BCUT2D eigenvalue weighted by molar-refractivity contribution is -0.142. The van der Waals surface area contributed by atoms with E-state index in [2.05, 4.69) is 18.2 Å². The highest BCUT2D eigenvalue weighted by Gasteiger charge is 2.29. The Morgan fingerprint density at radius 2 is 2.05 bits per heavy atom. The van der Waals surface area contributed by atoms with E-state index in [1.54, 1.807) is 0 Å². The van der Waals surface area contributed by atoms with Crippen molar-refractivity contribution in [2.24, 2.45) is 0 Å². The van der Waals surface area contributed by atoms with Crippen LogP contribution in [0, 0.1) is 0 Å². The van der Waals surface area contributed by atoms with E-state index in [4.69, 9.17) is 14.2 Å². The number of ether oxygens (including phenoxy) is 3. The maximum absolute atomic E-state index is 10.3. The lowest BCUT2D eigenvalue weighted by atomic mass is 9.93. The Labute approximate surface area is 113 Å². The van der Waals surface area contributed by atoms with E-state index < -0.39 is 6.10 Å². The van der Waals surface area contributed by atoms with E-state index in [1.807, 2.05) is 6.07 Å². The summed E-state index contributed by atoms with van der Waals surface area (Å²) < 4.78 is 16.7. The number of fused-ring (bicyclic) bond motifs is 1. The second-order valence-corrected chi connectivity index (χ2v) is 5.10. The number of rotatable bonds is 3. The predicted octanol–water partition coefficient (Wildman–Crippen LogP) is 1.47. The Kier molecular flexibility index (Phi) is 4.13. The van der Waals surface area contributed by atoms with Crippen molar-refractivity contribution in [2.75, 3.05) is 26.4 Å². The van der Waals surface area contributed by atoms with Crippen LogP contribution in [0.15, 0.2) is 24.3 Å².